The Kier molecular flexibility index (Phi) is 5.58. The summed E-state index contributed by atoms with van der Waals surface area (Å²) in [7, 11) is 0. The lowest BCUT2D eigenvalue weighted by Crippen LogP contribution is -2.50. The van der Waals surface area contributed by atoms with Crippen LogP contribution >= 0.6 is 0 Å². The lowest BCUT2D eigenvalue weighted by molar-refractivity contribution is -0.149. The number of hydrogen-bond acceptors (Lipinski definition) is 4. The van der Waals surface area contributed by atoms with E-state index >= 15 is 0 Å². The summed E-state index contributed by atoms with van der Waals surface area (Å²) in [4.78, 5) is 38.6. The van der Waals surface area contributed by atoms with E-state index in [4.69, 9.17) is 4.74 Å². The molecule has 34 heavy (non-hydrogen) atoms. The summed E-state index contributed by atoms with van der Waals surface area (Å²) in [6.07, 6.45) is 0.640. The molecular weight excluding hydrogens is 432 g/mol. The molecule has 2 amide bonds. The Morgan fingerprint density at radius 1 is 1.06 bits per heavy atom. The van der Waals surface area contributed by atoms with E-state index in [1.54, 1.807) is 11.8 Å². The normalized spacial score (nSPS) is 27.5. The largest absolute Gasteiger partial charge is 0.481 e. The van der Waals surface area contributed by atoms with Gasteiger partial charge in [0.15, 0.2) is 0 Å². The fourth-order valence-corrected chi connectivity index (χ4v) is 5.60. The minimum atomic E-state index is -0.904. The third-order valence-corrected chi connectivity index (χ3v) is 8.05. The molecule has 2 unspecified atom stereocenters. The van der Waals surface area contributed by atoms with Crippen molar-refractivity contribution in [1.82, 2.24) is 10.2 Å². The van der Waals surface area contributed by atoms with E-state index in [1.165, 1.54) is 22.3 Å². The van der Waals surface area contributed by atoms with Crippen molar-refractivity contribution in [1.29, 1.82) is 0 Å². The summed E-state index contributed by atoms with van der Waals surface area (Å²) >= 11 is 0. The molecule has 3 aliphatic rings. The third kappa shape index (κ3) is 3.73. The molecule has 2 fully saturated rings. The van der Waals surface area contributed by atoms with Gasteiger partial charge in [-0.1, -0.05) is 55.5 Å². The number of carboxylic acids is 1. The number of carbonyl (C=O) groups excluding carboxylic acids is 2. The molecule has 0 bridgehead atoms. The number of carbonyl (C=O) groups is 3. The molecule has 1 heterocycles. The van der Waals surface area contributed by atoms with E-state index in [0.717, 1.165) is 0 Å². The lowest BCUT2D eigenvalue weighted by Gasteiger charge is -2.36. The minimum Gasteiger partial charge on any atom is -0.481 e. The molecule has 1 saturated heterocycles. The zero-order valence-electron chi connectivity index (χ0n) is 19.5. The maximum atomic E-state index is 12.8. The van der Waals surface area contributed by atoms with E-state index in [-0.39, 0.29) is 42.9 Å². The van der Waals surface area contributed by atoms with E-state index in [0.29, 0.717) is 19.4 Å². The minimum absolute atomic E-state index is 0.00886. The third-order valence-electron chi connectivity index (χ3n) is 8.05. The van der Waals surface area contributed by atoms with Crippen molar-refractivity contribution in [2.45, 2.75) is 38.6 Å². The van der Waals surface area contributed by atoms with Gasteiger partial charge in [0, 0.05) is 31.0 Å². The van der Waals surface area contributed by atoms with Crippen LogP contribution in [0, 0.1) is 17.3 Å². The fourth-order valence-electron chi connectivity index (χ4n) is 5.60. The molecule has 2 aromatic carbocycles. The number of carboxylic acid groups (broad SMARTS) is 1. The van der Waals surface area contributed by atoms with Crippen LogP contribution in [0.4, 0.5) is 4.79 Å². The molecule has 2 aliphatic carbocycles. The van der Waals surface area contributed by atoms with E-state index < -0.39 is 17.5 Å². The molecule has 2 atom stereocenters. The van der Waals surface area contributed by atoms with Crippen LogP contribution < -0.4 is 5.32 Å². The highest BCUT2D eigenvalue weighted by molar-refractivity contribution is 5.83. The Hall–Kier alpha value is -3.35. The fraction of sp³-hybridized carbons (Fsp3) is 0.444. The molecule has 178 valence electrons. The van der Waals surface area contributed by atoms with Gasteiger partial charge in [0.25, 0.3) is 0 Å². The van der Waals surface area contributed by atoms with Gasteiger partial charge in [-0.2, -0.15) is 0 Å². The Labute approximate surface area is 199 Å². The molecule has 1 aliphatic heterocycles. The van der Waals surface area contributed by atoms with Gasteiger partial charge < -0.3 is 20.1 Å². The second-order valence-corrected chi connectivity index (χ2v) is 10.2. The van der Waals surface area contributed by atoms with Gasteiger partial charge >= 0.3 is 12.1 Å². The van der Waals surface area contributed by atoms with Crippen LogP contribution in [0.5, 0.6) is 0 Å². The van der Waals surface area contributed by atoms with Gasteiger partial charge in [0.2, 0.25) is 5.91 Å². The smallest absolute Gasteiger partial charge is 0.407 e. The van der Waals surface area contributed by atoms with Crippen molar-refractivity contribution in [2.24, 2.45) is 17.3 Å². The second-order valence-electron chi connectivity index (χ2n) is 10.2. The molecule has 2 aromatic rings. The number of benzene rings is 2. The Morgan fingerprint density at radius 2 is 1.65 bits per heavy atom. The van der Waals surface area contributed by atoms with Crippen molar-refractivity contribution < 1.29 is 24.2 Å². The number of hydrogen-bond donors (Lipinski definition) is 2. The number of fused-ring (bicyclic) bond motifs is 3. The molecule has 0 radical (unpaired) electrons. The predicted molar refractivity (Wildman–Crippen MR) is 126 cm³/mol. The molecule has 0 spiro atoms. The van der Waals surface area contributed by atoms with Crippen molar-refractivity contribution in [2.75, 3.05) is 19.7 Å². The summed E-state index contributed by atoms with van der Waals surface area (Å²) in [6, 6.07) is 16.3. The number of aliphatic carboxylic acids is 1. The first-order chi connectivity index (χ1) is 16.3. The average molecular weight is 463 g/mol. The van der Waals surface area contributed by atoms with Crippen LogP contribution in [-0.2, 0) is 14.3 Å². The standard InChI is InChI=1S/C27H30N2O5/c1-16-13-29(15-27(16,2)25(31)32)24(30)17-11-18(12-17)28-26(33)34-14-23-21-9-5-3-7-19(21)20-8-4-6-10-22(20)23/h3-10,16-18,23H,11-15H2,1-2H3,(H,28,33)(H,31,32). The zero-order chi connectivity index (χ0) is 24.0. The van der Waals surface area contributed by atoms with Gasteiger partial charge in [0.05, 0.1) is 5.41 Å². The summed E-state index contributed by atoms with van der Waals surface area (Å²) < 4.78 is 5.60. The van der Waals surface area contributed by atoms with Crippen LogP contribution in [0.1, 0.15) is 43.7 Å². The van der Waals surface area contributed by atoms with Crippen LogP contribution in [0.25, 0.3) is 11.1 Å². The molecule has 0 aromatic heterocycles. The molecule has 1 saturated carbocycles. The van der Waals surface area contributed by atoms with Gasteiger partial charge in [0.1, 0.15) is 6.61 Å². The molecule has 7 nitrogen and oxygen atoms in total. The number of likely N-dealkylation sites (tertiary alicyclic amines) is 1. The van der Waals surface area contributed by atoms with Crippen LogP contribution in [0.15, 0.2) is 48.5 Å². The highest BCUT2D eigenvalue weighted by Gasteiger charge is 2.50. The number of nitrogens with one attached hydrogen (secondary N) is 1. The summed E-state index contributed by atoms with van der Waals surface area (Å²) in [5.74, 6) is -1.14. The first-order valence-electron chi connectivity index (χ1n) is 11.9. The topological polar surface area (TPSA) is 95.9 Å². The monoisotopic (exact) mass is 462 g/mol. The summed E-state index contributed by atoms with van der Waals surface area (Å²) in [6.45, 7) is 4.54. The van der Waals surface area contributed by atoms with Crippen LogP contribution in [0.2, 0.25) is 0 Å². The zero-order valence-corrected chi connectivity index (χ0v) is 19.5. The quantitative estimate of drug-likeness (QED) is 0.703. The molecule has 7 heteroatoms. The summed E-state index contributed by atoms with van der Waals surface area (Å²) in [5.41, 5.74) is 3.79. The maximum Gasteiger partial charge on any atom is 0.407 e. The number of ether oxygens (including phenoxy) is 1. The molecule has 5 rings (SSSR count). The van der Waals surface area contributed by atoms with E-state index in [2.05, 4.69) is 29.6 Å². The van der Waals surface area contributed by atoms with Gasteiger partial charge in [-0.15, -0.1) is 0 Å². The predicted octanol–water partition coefficient (Wildman–Crippen LogP) is 3.87. The second kappa shape index (κ2) is 8.46. The molecule has 2 N–H and O–H groups in total. The number of alkyl carbamates (subject to hydrolysis) is 1. The first kappa shape index (κ1) is 22.4. The van der Waals surface area contributed by atoms with Crippen LogP contribution in [0.3, 0.4) is 0 Å². The highest BCUT2D eigenvalue weighted by atomic mass is 16.5. The Morgan fingerprint density at radius 3 is 2.21 bits per heavy atom. The number of amides is 2. The van der Waals surface area contributed by atoms with Gasteiger partial charge in [-0.05, 0) is 47.9 Å². The van der Waals surface area contributed by atoms with E-state index in [1.807, 2.05) is 31.2 Å². The van der Waals surface area contributed by atoms with Crippen LogP contribution in [-0.4, -0.2) is 53.7 Å². The molecular formula is C27H30N2O5. The first-order valence-corrected chi connectivity index (χ1v) is 11.9. The highest BCUT2D eigenvalue weighted by Crippen LogP contribution is 2.44. The lowest BCUT2D eigenvalue weighted by atomic mass is 9.79. The Bertz CT molecular complexity index is 1100. The van der Waals surface area contributed by atoms with Gasteiger partial charge in [-0.25, -0.2) is 4.79 Å². The van der Waals surface area contributed by atoms with Gasteiger partial charge in [-0.3, -0.25) is 9.59 Å². The van der Waals surface area contributed by atoms with Crippen molar-refractivity contribution in [3.63, 3.8) is 0 Å². The van der Waals surface area contributed by atoms with Crippen molar-refractivity contribution in [3.05, 3.63) is 59.7 Å². The number of nitrogens with zero attached hydrogens (tertiary/aromatic N) is 1. The average Bonchev–Trinajstić information content (AvgIpc) is 3.29. The Balaban J connectivity index is 1.12. The SMILES string of the molecule is CC1CN(C(=O)C2CC(NC(=O)OCC3c4ccccc4-c4ccccc43)C2)CC1(C)C(=O)O. The van der Waals surface area contributed by atoms with Crippen molar-refractivity contribution >= 4 is 18.0 Å². The number of rotatable bonds is 5. The van der Waals surface area contributed by atoms with Crippen molar-refractivity contribution in [3.8, 4) is 11.1 Å². The van der Waals surface area contributed by atoms with E-state index in [9.17, 15) is 19.5 Å². The summed E-state index contributed by atoms with van der Waals surface area (Å²) in [5, 5.41) is 12.4. The maximum absolute atomic E-state index is 12.8.